The van der Waals surface area contributed by atoms with Gasteiger partial charge in [0.05, 0.1) is 82.8 Å². The number of halogens is 1. The maximum atomic E-state index is 13.9. The monoisotopic (exact) mass is 1800 g/mol. The van der Waals surface area contributed by atoms with Gasteiger partial charge in [0.15, 0.2) is 0 Å². The molecule has 0 amide bonds. The smallest absolute Gasteiger partial charge is 0.221 e. The molecule has 0 fully saturated rings. The lowest BCUT2D eigenvalue weighted by Crippen LogP contribution is -2.06. The molecule has 12 nitrogen and oxygen atoms in total. The average Bonchev–Trinajstić information content (AvgIpc) is 1.55. The summed E-state index contributed by atoms with van der Waals surface area (Å²) in [5, 5.41) is 22.1. The number of rotatable bonds is 8. The van der Waals surface area contributed by atoms with Crippen LogP contribution in [0.25, 0.3) is 276 Å². The molecule has 31 aromatic rings. The van der Waals surface area contributed by atoms with Gasteiger partial charge in [-0.05, 0) is 221 Å². The van der Waals surface area contributed by atoms with Crippen LogP contribution in [0.4, 0.5) is 4.39 Å². The number of hydrogen-bond donors (Lipinski definition) is 0. The fourth-order valence-electron chi connectivity index (χ4n) is 22.4. The highest BCUT2D eigenvalue weighted by Crippen LogP contribution is 2.48. The molecular formula is C128H77FN12. The van der Waals surface area contributed by atoms with Crippen LogP contribution in [0.3, 0.4) is 0 Å². The molecule has 13 heteroatoms. The quantitative estimate of drug-likeness (QED) is 0.150. The first-order chi connectivity index (χ1) is 69.9. The lowest BCUT2D eigenvalue weighted by Gasteiger charge is -2.15. The van der Waals surface area contributed by atoms with Crippen molar-refractivity contribution in [2.75, 3.05) is 0 Å². The van der Waals surface area contributed by atoms with E-state index in [1.807, 2.05) is 48.5 Å². The Morgan fingerprint density at radius 1 is 0.156 bits per heavy atom. The van der Waals surface area contributed by atoms with E-state index in [4.69, 9.17) is 29.9 Å². The van der Waals surface area contributed by atoms with Crippen LogP contribution in [0.2, 0.25) is 0 Å². The molecule has 0 aliphatic carbocycles. The first-order valence-electron chi connectivity index (χ1n) is 47.7. The topological polar surface area (TPSA) is 105 Å². The van der Waals surface area contributed by atoms with Crippen molar-refractivity contribution in [1.82, 2.24) is 56.8 Å². The van der Waals surface area contributed by atoms with Gasteiger partial charge < -0.3 is 0 Å². The fourth-order valence-corrected chi connectivity index (χ4v) is 22.4. The Labute approximate surface area is 804 Å². The summed E-state index contributed by atoms with van der Waals surface area (Å²) in [4.78, 5) is 31.5. The molecule has 0 aliphatic heterocycles. The van der Waals surface area contributed by atoms with E-state index in [-0.39, 0.29) is 5.82 Å². The predicted octanol–water partition coefficient (Wildman–Crippen LogP) is 32.6. The molecule has 0 spiro atoms. The molecule has 31 rings (SSSR count). The lowest BCUT2D eigenvalue weighted by atomic mass is 9.93. The Kier molecular flexibility index (Phi) is 17.7. The van der Waals surface area contributed by atoms with E-state index in [1.165, 1.54) is 121 Å². The molecule has 0 N–H and O–H groups in total. The lowest BCUT2D eigenvalue weighted by molar-refractivity contribution is 0.628. The fraction of sp³-hybridized carbons (Fsp3) is 0. The van der Waals surface area contributed by atoms with E-state index >= 15 is 0 Å². The zero-order chi connectivity index (χ0) is 92.6. The Morgan fingerprint density at radius 3 is 0.809 bits per heavy atom. The zero-order valence-electron chi connectivity index (χ0n) is 75.7. The summed E-state index contributed by atoms with van der Waals surface area (Å²) in [5.74, 6) is 2.21. The third-order valence-corrected chi connectivity index (χ3v) is 28.7. The number of imidazole rings is 3. The molecule has 0 radical (unpaired) electrons. The molecular weight excluding hydrogens is 1720 g/mol. The maximum absolute atomic E-state index is 13.9. The zero-order valence-corrected chi connectivity index (χ0v) is 75.7. The third kappa shape index (κ3) is 12.4. The molecule has 9 heterocycles. The number of nitrogens with zero attached hydrogens (tertiary/aromatic N) is 12. The summed E-state index contributed by atoms with van der Waals surface area (Å²) in [6.07, 6.45) is 0. The molecule has 141 heavy (non-hydrogen) atoms. The Hall–Kier alpha value is -19.1. The standard InChI is InChI=1S/2C46H28N4.C36H21FN4/c1-2-14-32-29(12-1)13-11-19-33(32)30-24-26-31(27-25-30)38-28-39-35-16-6-9-22-42(35)49(44(39)36-17-4-3-15-34(36)38)46-48-40-20-7-5-18-37(40)45-47-41-21-8-10-23-43(41)50(45)46;1-2-12-32-27-33(26-23-29(32)11-1)30-21-24-31(25-22-30)38-28-39-35-14-6-9-19-42(35)49(44(39)36-15-4-3-13-34(36)38)46-48-40-17-7-5-16-37(40)45-47-41-18-8-10-20-43(41)50(45)46;37-23-19-17-22(18-20-23)28-21-29-25-10-4-7-15-32(25)40(34(29)26-11-2-1-9-24(26)28)36-39-30-13-5-3-12-27(30)35-38-31-14-6-8-16-33(31)41(35)36/h2*1-28H;1-21H. The van der Waals surface area contributed by atoms with Gasteiger partial charge >= 0.3 is 0 Å². The second kappa shape index (κ2) is 31.5. The highest BCUT2D eigenvalue weighted by Gasteiger charge is 2.29. The SMILES string of the molecule is Fc1ccc(-c2cc3c4ccccc4n(-c4nc5ccccc5c5nc6ccccc6n45)c3c3ccccc23)cc1.c1ccc2c(-c3ccc(-c4cc5c6ccccc6n(-c6nc7ccccc7c7nc8ccccc8n67)c5c5ccccc45)cc3)cccc2c1.c1ccc2cc(-c3ccc(-c4cc5c6ccccc6n(-c6nc7ccccc7c7nc8ccccc8n67)c5c5ccccc45)cc3)ccc2c1. The Morgan fingerprint density at radius 2 is 0.426 bits per heavy atom. The summed E-state index contributed by atoms with van der Waals surface area (Å²) in [5.41, 5.74) is 29.7. The Balaban J connectivity index is 0.000000102. The van der Waals surface area contributed by atoms with Crippen LogP contribution in [0.15, 0.2) is 467 Å². The second-order valence-electron chi connectivity index (χ2n) is 36.5. The number of benzene rings is 22. The second-order valence-corrected chi connectivity index (χ2v) is 36.5. The van der Waals surface area contributed by atoms with Gasteiger partial charge in [0.2, 0.25) is 17.8 Å². The normalized spacial score (nSPS) is 12.0. The van der Waals surface area contributed by atoms with Crippen LogP contribution in [0.5, 0.6) is 0 Å². The van der Waals surface area contributed by atoms with E-state index in [0.717, 1.165) is 166 Å². The van der Waals surface area contributed by atoms with Gasteiger partial charge in [0, 0.05) is 64.6 Å². The van der Waals surface area contributed by atoms with Gasteiger partial charge in [0.25, 0.3) is 0 Å². The molecule has 0 atom stereocenters. The van der Waals surface area contributed by atoms with Crippen molar-refractivity contribution >= 4 is 202 Å². The minimum absolute atomic E-state index is 0.241. The summed E-state index contributed by atoms with van der Waals surface area (Å²) in [6, 6.07) is 164. The van der Waals surface area contributed by atoms with Gasteiger partial charge in [-0.15, -0.1) is 0 Å². The van der Waals surface area contributed by atoms with Gasteiger partial charge in [-0.1, -0.05) is 340 Å². The highest BCUT2D eigenvalue weighted by atomic mass is 19.1. The van der Waals surface area contributed by atoms with Crippen LogP contribution < -0.4 is 0 Å². The molecule has 0 saturated carbocycles. The van der Waals surface area contributed by atoms with E-state index in [0.29, 0.717) is 0 Å². The van der Waals surface area contributed by atoms with Crippen molar-refractivity contribution < 1.29 is 4.39 Å². The summed E-state index contributed by atoms with van der Waals surface area (Å²) in [6.45, 7) is 0. The summed E-state index contributed by atoms with van der Waals surface area (Å²) >= 11 is 0. The highest BCUT2D eigenvalue weighted by molar-refractivity contribution is 6.26. The van der Waals surface area contributed by atoms with Crippen LogP contribution in [0, 0.1) is 5.82 Å². The largest absolute Gasteiger partial charge is 0.278 e. The van der Waals surface area contributed by atoms with Crippen molar-refractivity contribution in [3.63, 3.8) is 0 Å². The summed E-state index contributed by atoms with van der Waals surface area (Å²) < 4.78 is 27.5. The number of aromatic nitrogens is 12. The number of hydrogen-bond acceptors (Lipinski definition) is 6. The minimum Gasteiger partial charge on any atom is -0.278 e. The molecule has 0 saturated heterocycles. The number of fused-ring (bicyclic) bond motifs is 32. The molecule has 0 aliphatic rings. The Bertz CT molecular complexity index is 10700. The van der Waals surface area contributed by atoms with Crippen LogP contribution in [0.1, 0.15) is 0 Å². The molecule has 0 unspecified atom stereocenters. The third-order valence-electron chi connectivity index (χ3n) is 28.7. The van der Waals surface area contributed by atoms with Crippen LogP contribution >= 0.6 is 0 Å². The van der Waals surface area contributed by atoms with E-state index < -0.39 is 0 Å². The van der Waals surface area contributed by atoms with Crippen molar-refractivity contribution in [3.05, 3.63) is 473 Å². The van der Waals surface area contributed by atoms with E-state index in [2.05, 4.69) is 433 Å². The van der Waals surface area contributed by atoms with Crippen molar-refractivity contribution in [3.8, 4) is 73.5 Å². The van der Waals surface area contributed by atoms with Crippen molar-refractivity contribution in [2.24, 2.45) is 0 Å². The first kappa shape index (κ1) is 79.3. The first-order valence-corrected chi connectivity index (χ1v) is 47.7. The van der Waals surface area contributed by atoms with Crippen molar-refractivity contribution in [1.29, 1.82) is 0 Å². The minimum atomic E-state index is -0.241. The van der Waals surface area contributed by atoms with Crippen LogP contribution in [-0.4, -0.2) is 56.8 Å². The molecule has 0 bridgehead atoms. The van der Waals surface area contributed by atoms with E-state index in [9.17, 15) is 4.39 Å². The molecule has 22 aromatic carbocycles. The maximum Gasteiger partial charge on any atom is 0.221 e. The van der Waals surface area contributed by atoms with Gasteiger partial charge in [-0.2, -0.15) is 0 Å². The van der Waals surface area contributed by atoms with Gasteiger partial charge in [-0.25, -0.2) is 34.3 Å². The van der Waals surface area contributed by atoms with Crippen molar-refractivity contribution in [2.45, 2.75) is 0 Å². The number of para-hydroxylation sites is 12. The molecule has 656 valence electrons. The summed E-state index contributed by atoms with van der Waals surface area (Å²) in [7, 11) is 0. The average molecular weight is 1800 g/mol. The van der Waals surface area contributed by atoms with Crippen LogP contribution in [-0.2, 0) is 0 Å². The predicted molar refractivity (Wildman–Crippen MR) is 582 cm³/mol. The van der Waals surface area contributed by atoms with Gasteiger partial charge in [0.1, 0.15) is 22.8 Å². The molecule has 9 aromatic heterocycles. The van der Waals surface area contributed by atoms with E-state index in [1.54, 1.807) is 0 Å². The van der Waals surface area contributed by atoms with Gasteiger partial charge in [-0.3, -0.25) is 26.9 Å².